The van der Waals surface area contributed by atoms with Crippen LogP contribution in [0.1, 0.15) is 5.82 Å². The third-order valence-electron chi connectivity index (χ3n) is 4.04. The van der Waals surface area contributed by atoms with E-state index in [0.717, 1.165) is 16.9 Å². The molecule has 0 atom stereocenters. The first-order valence-corrected chi connectivity index (χ1v) is 8.81. The number of rotatable bonds is 3. The number of nitrogens with one attached hydrogen (secondary N) is 1. The molecule has 0 radical (unpaired) electrons. The number of para-hydroxylation sites is 4. The minimum absolute atomic E-state index is 0.185. The van der Waals surface area contributed by atoms with E-state index in [9.17, 15) is 4.79 Å². The number of amidine groups is 1. The number of benzene rings is 2. The zero-order valence-corrected chi connectivity index (χ0v) is 15.1. The number of imidazole rings is 1. The van der Waals surface area contributed by atoms with E-state index in [0.29, 0.717) is 21.5 Å². The lowest BCUT2D eigenvalue weighted by Gasteiger charge is -2.03. The van der Waals surface area contributed by atoms with Gasteiger partial charge in [0.05, 0.1) is 23.0 Å². The summed E-state index contributed by atoms with van der Waals surface area (Å²) in [6.45, 7) is 0. The van der Waals surface area contributed by atoms with E-state index >= 15 is 0 Å². The Labute approximate surface area is 154 Å². The van der Waals surface area contributed by atoms with Crippen LogP contribution in [0.3, 0.4) is 0 Å². The lowest BCUT2D eigenvalue weighted by molar-refractivity contribution is -0.115. The summed E-state index contributed by atoms with van der Waals surface area (Å²) in [5.74, 6) is 1.20. The first-order valence-electron chi connectivity index (χ1n) is 8.00. The summed E-state index contributed by atoms with van der Waals surface area (Å²) in [7, 11) is 3.53. The number of hydrogen-bond donors (Lipinski definition) is 1. The van der Waals surface area contributed by atoms with Gasteiger partial charge in [0.1, 0.15) is 17.3 Å². The lowest BCUT2D eigenvalue weighted by Crippen LogP contribution is -2.19. The van der Waals surface area contributed by atoms with Crippen LogP contribution in [0.5, 0.6) is 5.75 Å². The first kappa shape index (κ1) is 16.4. The van der Waals surface area contributed by atoms with E-state index in [1.807, 2.05) is 60.1 Å². The molecular formula is C19H16N4O2S. The van der Waals surface area contributed by atoms with Gasteiger partial charge in [-0.15, -0.1) is 0 Å². The van der Waals surface area contributed by atoms with Crippen LogP contribution >= 0.6 is 11.8 Å². The van der Waals surface area contributed by atoms with Gasteiger partial charge >= 0.3 is 0 Å². The molecule has 2 aromatic carbocycles. The molecule has 0 bridgehead atoms. The number of nitrogens with zero attached hydrogens (tertiary/aromatic N) is 3. The molecule has 2 heterocycles. The second-order valence-corrected chi connectivity index (χ2v) is 6.70. The second kappa shape index (κ2) is 6.68. The second-order valence-electron chi connectivity index (χ2n) is 5.67. The highest BCUT2D eigenvalue weighted by Crippen LogP contribution is 2.32. The predicted molar refractivity (Wildman–Crippen MR) is 105 cm³/mol. The van der Waals surface area contributed by atoms with Crippen LogP contribution in [0.15, 0.2) is 58.4 Å². The molecule has 1 aromatic heterocycles. The molecule has 130 valence electrons. The summed E-state index contributed by atoms with van der Waals surface area (Å²) in [4.78, 5) is 21.9. The highest BCUT2D eigenvalue weighted by atomic mass is 32.2. The maximum Gasteiger partial charge on any atom is 0.264 e. The molecule has 4 rings (SSSR count). The normalized spacial score (nSPS) is 17.2. The average molecular weight is 364 g/mol. The maximum absolute atomic E-state index is 12.3. The van der Waals surface area contributed by atoms with Crippen LogP contribution in [-0.2, 0) is 11.8 Å². The summed E-state index contributed by atoms with van der Waals surface area (Å²) in [5.41, 5.74) is 2.58. The molecule has 1 N–H and O–H groups in total. The van der Waals surface area contributed by atoms with E-state index in [4.69, 9.17) is 4.74 Å². The smallest absolute Gasteiger partial charge is 0.264 e. The Morgan fingerprint density at radius 1 is 1.19 bits per heavy atom. The van der Waals surface area contributed by atoms with Crippen molar-refractivity contribution in [3.8, 4) is 5.75 Å². The van der Waals surface area contributed by atoms with Gasteiger partial charge < -0.3 is 14.6 Å². The Morgan fingerprint density at radius 3 is 2.77 bits per heavy atom. The molecule has 0 saturated carbocycles. The van der Waals surface area contributed by atoms with Crippen LogP contribution in [0.25, 0.3) is 17.1 Å². The van der Waals surface area contributed by atoms with Crippen LogP contribution in [0, 0.1) is 0 Å². The van der Waals surface area contributed by atoms with Crippen LogP contribution < -0.4 is 10.1 Å². The van der Waals surface area contributed by atoms with Crippen molar-refractivity contribution in [3.63, 3.8) is 0 Å². The Balaban J connectivity index is 1.66. The monoisotopic (exact) mass is 364 g/mol. The number of aryl methyl sites for hydroxylation is 1. The fourth-order valence-electron chi connectivity index (χ4n) is 2.72. The van der Waals surface area contributed by atoms with Crippen molar-refractivity contribution in [1.29, 1.82) is 0 Å². The topological polar surface area (TPSA) is 68.5 Å². The van der Waals surface area contributed by atoms with Gasteiger partial charge in [-0.25, -0.2) is 9.98 Å². The van der Waals surface area contributed by atoms with E-state index in [1.165, 1.54) is 11.8 Å². The van der Waals surface area contributed by atoms with Gasteiger partial charge in [0.2, 0.25) is 0 Å². The van der Waals surface area contributed by atoms with E-state index in [1.54, 1.807) is 13.2 Å². The van der Waals surface area contributed by atoms with Crippen molar-refractivity contribution in [3.05, 3.63) is 59.3 Å². The summed E-state index contributed by atoms with van der Waals surface area (Å²) in [5, 5.41) is 3.31. The van der Waals surface area contributed by atoms with Gasteiger partial charge in [0, 0.05) is 13.1 Å². The Hall–Kier alpha value is -3.06. The van der Waals surface area contributed by atoms with E-state index < -0.39 is 0 Å². The molecule has 1 saturated heterocycles. The predicted octanol–water partition coefficient (Wildman–Crippen LogP) is 3.47. The molecule has 1 aliphatic heterocycles. The molecule has 6 nitrogen and oxygen atoms in total. The molecule has 3 aromatic rings. The number of carbonyl (C=O) groups is 1. The molecule has 0 aliphatic carbocycles. The van der Waals surface area contributed by atoms with Crippen molar-refractivity contribution in [2.45, 2.75) is 0 Å². The third kappa shape index (κ3) is 2.97. The molecule has 7 heteroatoms. The Kier molecular flexibility index (Phi) is 4.22. The van der Waals surface area contributed by atoms with Gasteiger partial charge in [0.15, 0.2) is 5.17 Å². The van der Waals surface area contributed by atoms with Gasteiger partial charge in [0.25, 0.3) is 5.91 Å². The van der Waals surface area contributed by atoms with E-state index in [2.05, 4.69) is 15.3 Å². The minimum Gasteiger partial charge on any atom is -0.494 e. The summed E-state index contributed by atoms with van der Waals surface area (Å²) < 4.78 is 7.26. The molecule has 1 fully saturated rings. The molecule has 0 unspecified atom stereocenters. The number of fused-ring (bicyclic) bond motifs is 1. The summed E-state index contributed by atoms with van der Waals surface area (Å²) in [6.07, 6.45) is 1.78. The zero-order chi connectivity index (χ0) is 18.1. The molecule has 1 aliphatic rings. The van der Waals surface area contributed by atoms with Gasteiger partial charge in [-0.05, 0) is 36.0 Å². The van der Waals surface area contributed by atoms with Crippen molar-refractivity contribution in [2.75, 3.05) is 7.11 Å². The van der Waals surface area contributed by atoms with E-state index in [-0.39, 0.29) is 5.91 Å². The number of amides is 1. The molecule has 1 amide bonds. The third-order valence-corrected chi connectivity index (χ3v) is 4.95. The highest BCUT2D eigenvalue weighted by Gasteiger charge is 2.25. The first-order chi connectivity index (χ1) is 12.7. The molecule has 26 heavy (non-hydrogen) atoms. The molecule has 0 spiro atoms. The number of aliphatic imine (C=N–C) groups is 1. The SMILES string of the molecule is COc1ccccc1N=C1NC(=O)C(=Cc2nc3ccccc3n2C)S1. The standard InChI is InChI=1S/C19H16N4O2S/c1-23-14-9-5-3-7-12(14)20-17(23)11-16-18(24)22-19(26-16)21-13-8-4-6-10-15(13)25-2/h3-11H,1-2H3,(H,21,22,24). The number of thioether (sulfide) groups is 1. The quantitative estimate of drug-likeness (QED) is 0.723. The van der Waals surface area contributed by atoms with Gasteiger partial charge in [-0.2, -0.15) is 0 Å². The maximum atomic E-state index is 12.3. The summed E-state index contributed by atoms with van der Waals surface area (Å²) >= 11 is 1.29. The lowest BCUT2D eigenvalue weighted by atomic mass is 10.3. The van der Waals surface area contributed by atoms with Gasteiger partial charge in [-0.3, -0.25) is 4.79 Å². The highest BCUT2D eigenvalue weighted by molar-refractivity contribution is 8.18. The number of carbonyl (C=O) groups excluding carboxylic acids is 1. The van der Waals surface area contributed by atoms with Crippen molar-refractivity contribution in [1.82, 2.24) is 14.9 Å². The number of hydrogen-bond acceptors (Lipinski definition) is 5. The molecular weight excluding hydrogens is 348 g/mol. The zero-order valence-electron chi connectivity index (χ0n) is 14.3. The number of ether oxygens (including phenoxy) is 1. The van der Waals surface area contributed by atoms with Crippen LogP contribution in [0.4, 0.5) is 5.69 Å². The fourth-order valence-corrected chi connectivity index (χ4v) is 3.53. The largest absolute Gasteiger partial charge is 0.494 e. The Morgan fingerprint density at radius 2 is 1.96 bits per heavy atom. The van der Waals surface area contributed by atoms with Crippen molar-refractivity contribution >= 4 is 45.6 Å². The average Bonchev–Trinajstić information content (AvgIpc) is 3.16. The van der Waals surface area contributed by atoms with Crippen molar-refractivity contribution < 1.29 is 9.53 Å². The van der Waals surface area contributed by atoms with Crippen LogP contribution in [0.2, 0.25) is 0 Å². The number of methoxy groups -OCH3 is 1. The van der Waals surface area contributed by atoms with Crippen LogP contribution in [-0.4, -0.2) is 27.7 Å². The minimum atomic E-state index is -0.185. The Bertz CT molecular complexity index is 1070. The number of aromatic nitrogens is 2. The fraction of sp³-hybridized carbons (Fsp3) is 0.105. The summed E-state index contributed by atoms with van der Waals surface area (Å²) in [6, 6.07) is 15.3. The van der Waals surface area contributed by atoms with Crippen molar-refractivity contribution in [2.24, 2.45) is 12.0 Å². The van der Waals surface area contributed by atoms with Gasteiger partial charge in [-0.1, -0.05) is 24.3 Å².